The van der Waals surface area contributed by atoms with Crippen LogP contribution in [0.1, 0.15) is 5.56 Å². The molecule has 0 aliphatic carbocycles. The van der Waals surface area contributed by atoms with Gasteiger partial charge in [-0.3, -0.25) is 0 Å². The molecule has 82 valence electrons. The van der Waals surface area contributed by atoms with Crippen LogP contribution in [0.5, 0.6) is 5.75 Å². The van der Waals surface area contributed by atoms with Crippen molar-refractivity contribution in [1.29, 1.82) is 0 Å². The highest BCUT2D eigenvalue weighted by atomic mass is 16.3. The molecule has 5 N–H and O–H groups in total. The molecule has 0 spiro atoms. The van der Waals surface area contributed by atoms with Crippen LogP contribution < -0.4 is 11.5 Å². The van der Waals surface area contributed by atoms with Crippen LogP contribution in [-0.4, -0.2) is 5.11 Å². The molecule has 16 heavy (non-hydrogen) atoms. The molecule has 3 nitrogen and oxygen atoms in total. The van der Waals surface area contributed by atoms with Crippen LogP contribution in [0.3, 0.4) is 0 Å². The average molecular weight is 214 g/mol. The number of rotatable bonds is 1. The maximum atomic E-state index is 9.86. The van der Waals surface area contributed by atoms with Gasteiger partial charge in [0.25, 0.3) is 0 Å². The fraction of sp³-hybridized carbons (Fsp3) is 0.0769. The summed E-state index contributed by atoms with van der Waals surface area (Å²) in [6.45, 7) is 2.01. The lowest BCUT2D eigenvalue weighted by Gasteiger charge is -2.09. The Morgan fingerprint density at radius 3 is 2.25 bits per heavy atom. The zero-order valence-corrected chi connectivity index (χ0v) is 9.07. The molecule has 0 saturated carbocycles. The van der Waals surface area contributed by atoms with Gasteiger partial charge in [0.2, 0.25) is 0 Å². The van der Waals surface area contributed by atoms with Gasteiger partial charge in [0.1, 0.15) is 5.75 Å². The van der Waals surface area contributed by atoms with Crippen molar-refractivity contribution in [3.63, 3.8) is 0 Å². The van der Waals surface area contributed by atoms with Crippen LogP contribution in [0.4, 0.5) is 11.4 Å². The van der Waals surface area contributed by atoms with Crippen LogP contribution in [0, 0.1) is 6.92 Å². The maximum Gasteiger partial charge on any atom is 0.146 e. The molecule has 0 aliphatic heterocycles. The first-order chi connectivity index (χ1) is 7.58. The van der Waals surface area contributed by atoms with E-state index < -0.39 is 0 Å². The Kier molecular flexibility index (Phi) is 2.44. The first-order valence-electron chi connectivity index (χ1n) is 5.03. The highest BCUT2D eigenvalue weighted by Crippen LogP contribution is 2.35. The first-order valence-corrected chi connectivity index (χ1v) is 5.03. The van der Waals surface area contributed by atoms with Gasteiger partial charge in [-0.25, -0.2) is 0 Å². The van der Waals surface area contributed by atoms with Crippen LogP contribution in [0.15, 0.2) is 36.4 Å². The van der Waals surface area contributed by atoms with Gasteiger partial charge in [-0.2, -0.15) is 0 Å². The molecule has 0 bridgehead atoms. The van der Waals surface area contributed by atoms with Gasteiger partial charge in [0, 0.05) is 11.3 Å². The quantitative estimate of drug-likeness (QED) is 0.388. The SMILES string of the molecule is Cc1ccc(-c2cc(N)cc(N)c2O)cc1. The molecule has 0 heterocycles. The van der Waals surface area contributed by atoms with Crippen molar-refractivity contribution >= 4 is 11.4 Å². The Morgan fingerprint density at radius 2 is 1.62 bits per heavy atom. The van der Waals surface area contributed by atoms with E-state index in [-0.39, 0.29) is 5.75 Å². The molecule has 0 radical (unpaired) electrons. The van der Waals surface area contributed by atoms with E-state index in [1.165, 1.54) is 5.56 Å². The van der Waals surface area contributed by atoms with Crippen molar-refractivity contribution in [3.8, 4) is 16.9 Å². The van der Waals surface area contributed by atoms with Crippen molar-refractivity contribution in [1.82, 2.24) is 0 Å². The van der Waals surface area contributed by atoms with E-state index in [0.717, 1.165) is 5.56 Å². The second kappa shape index (κ2) is 3.77. The van der Waals surface area contributed by atoms with Crippen molar-refractivity contribution in [2.45, 2.75) is 6.92 Å². The molecule has 3 heteroatoms. The molecule has 0 saturated heterocycles. The van der Waals surface area contributed by atoms with E-state index in [0.29, 0.717) is 16.9 Å². The number of aromatic hydroxyl groups is 1. The molecule has 0 fully saturated rings. The number of nitrogens with two attached hydrogens (primary N) is 2. The van der Waals surface area contributed by atoms with Gasteiger partial charge >= 0.3 is 0 Å². The molecular formula is C13H14N2O. The molecule has 2 rings (SSSR count). The Labute approximate surface area is 94.3 Å². The summed E-state index contributed by atoms with van der Waals surface area (Å²) in [6, 6.07) is 11.1. The average Bonchev–Trinajstić information content (AvgIpc) is 2.25. The monoisotopic (exact) mass is 214 g/mol. The molecule has 0 unspecified atom stereocenters. The summed E-state index contributed by atoms with van der Waals surface area (Å²) in [4.78, 5) is 0. The van der Waals surface area contributed by atoms with Crippen molar-refractivity contribution in [3.05, 3.63) is 42.0 Å². The number of anilines is 2. The second-order valence-electron chi connectivity index (χ2n) is 3.87. The van der Waals surface area contributed by atoms with Gasteiger partial charge in [0.15, 0.2) is 0 Å². The van der Waals surface area contributed by atoms with Crippen LogP contribution in [-0.2, 0) is 0 Å². The van der Waals surface area contributed by atoms with Crippen LogP contribution in [0.2, 0.25) is 0 Å². The van der Waals surface area contributed by atoms with E-state index in [1.807, 2.05) is 31.2 Å². The summed E-state index contributed by atoms with van der Waals surface area (Å²) < 4.78 is 0. The minimum atomic E-state index is 0.0815. The number of phenolic OH excluding ortho intramolecular Hbond substituents is 1. The number of benzene rings is 2. The lowest BCUT2D eigenvalue weighted by Crippen LogP contribution is -1.93. The Bertz CT molecular complexity index is 518. The van der Waals surface area contributed by atoms with Crippen molar-refractivity contribution < 1.29 is 5.11 Å². The van der Waals surface area contributed by atoms with E-state index in [2.05, 4.69) is 0 Å². The summed E-state index contributed by atoms with van der Waals surface area (Å²) in [5.41, 5.74) is 14.9. The summed E-state index contributed by atoms with van der Waals surface area (Å²) in [5.74, 6) is 0.0815. The first kappa shape index (κ1) is 10.4. The van der Waals surface area contributed by atoms with Crippen LogP contribution >= 0.6 is 0 Å². The van der Waals surface area contributed by atoms with Gasteiger partial charge < -0.3 is 16.6 Å². The highest BCUT2D eigenvalue weighted by Gasteiger charge is 2.08. The largest absolute Gasteiger partial charge is 0.505 e. The Morgan fingerprint density at radius 1 is 1.00 bits per heavy atom. The molecular weight excluding hydrogens is 200 g/mol. The Hall–Kier alpha value is -2.16. The molecule has 0 atom stereocenters. The highest BCUT2D eigenvalue weighted by molar-refractivity contribution is 5.80. The molecule has 0 aromatic heterocycles. The van der Waals surface area contributed by atoms with Crippen molar-refractivity contribution in [2.24, 2.45) is 0 Å². The number of hydrogen-bond acceptors (Lipinski definition) is 3. The number of phenols is 1. The molecule has 2 aromatic rings. The summed E-state index contributed by atoms with van der Waals surface area (Å²) in [7, 11) is 0. The van der Waals surface area contributed by atoms with Gasteiger partial charge in [0.05, 0.1) is 5.69 Å². The maximum absolute atomic E-state index is 9.86. The van der Waals surface area contributed by atoms with E-state index in [9.17, 15) is 5.11 Å². The number of nitrogen functional groups attached to an aromatic ring is 2. The molecule has 2 aromatic carbocycles. The Balaban J connectivity index is 2.59. The smallest absolute Gasteiger partial charge is 0.146 e. The summed E-state index contributed by atoms with van der Waals surface area (Å²) >= 11 is 0. The predicted molar refractivity (Wildman–Crippen MR) is 67.1 cm³/mol. The minimum absolute atomic E-state index is 0.0815. The van der Waals surface area contributed by atoms with E-state index >= 15 is 0 Å². The predicted octanol–water partition coefficient (Wildman–Crippen LogP) is 2.53. The van der Waals surface area contributed by atoms with E-state index in [4.69, 9.17) is 11.5 Å². The normalized spacial score (nSPS) is 10.3. The van der Waals surface area contributed by atoms with Crippen molar-refractivity contribution in [2.75, 3.05) is 11.5 Å². The van der Waals surface area contributed by atoms with Gasteiger partial charge in [-0.15, -0.1) is 0 Å². The zero-order chi connectivity index (χ0) is 11.7. The fourth-order valence-corrected chi connectivity index (χ4v) is 1.63. The summed E-state index contributed by atoms with van der Waals surface area (Å²) in [5, 5.41) is 9.86. The lowest BCUT2D eigenvalue weighted by atomic mass is 10.0. The number of hydrogen-bond donors (Lipinski definition) is 3. The third-order valence-corrected chi connectivity index (χ3v) is 2.52. The fourth-order valence-electron chi connectivity index (χ4n) is 1.63. The standard InChI is InChI=1S/C13H14N2O/c1-8-2-4-9(5-3-8)11-6-10(14)7-12(15)13(11)16/h2-7,16H,14-15H2,1H3. The topological polar surface area (TPSA) is 72.3 Å². The van der Waals surface area contributed by atoms with Gasteiger partial charge in [-0.05, 0) is 24.6 Å². The summed E-state index contributed by atoms with van der Waals surface area (Å²) in [6.07, 6.45) is 0. The second-order valence-corrected chi connectivity index (χ2v) is 3.87. The zero-order valence-electron chi connectivity index (χ0n) is 9.07. The van der Waals surface area contributed by atoms with Gasteiger partial charge in [-0.1, -0.05) is 29.8 Å². The number of aryl methyl sites for hydroxylation is 1. The lowest BCUT2D eigenvalue weighted by molar-refractivity contribution is 0.480. The minimum Gasteiger partial charge on any atom is -0.505 e. The third-order valence-electron chi connectivity index (χ3n) is 2.52. The third kappa shape index (κ3) is 1.80. The van der Waals surface area contributed by atoms with E-state index in [1.54, 1.807) is 12.1 Å². The van der Waals surface area contributed by atoms with Crippen LogP contribution in [0.25, 0.3) is 11.1 Å². The molecule has 0 amide bonds. The molecule has 0 aliphatic rings.